The van der Waals surface area contributed by atoms with Crippen LogP contribution in [0.15, 0.2) is 36.7 Å². The van der Waals surface area contributed by atoms with Crippen molar-refractivity contribution in [3.63, 3.8) is 0 Å². The number of anilines is 1. The first-order chi connectivity index (χ1) is 17.9. The summed E-state index contributed by atoms with van der Waals surface area (Å²) in [6, 6.07) is 8.08. The van der Waals surface area contributed by atoms with Crippen LogP contribution in [0.25, 0.3) is 11.3 Å². The predicted molar refractivity (Wildman–Crippen MR) is 133 cm³/mol. The van der Waals surface area contributed by atoms with Gasteiger partial charge < -0.3 is 10.6 Å². The number of aryl methyl sites for hydroxylation is 1. The van der Waals surface area contributed by atoms with Crippen LogP contribution in [0.3, 0.4) is 0 Å². The quantitative estimate of drug-likeness (QED) is 0.546. The van der Waals surface area contributed by atoms with Crippen molar-refractivity contribution in [1.82, 2.24) is 24.8 Å². The van der Waals surface area contributed by atoms with Gasteiger partial charge >= 0.3 is 0 Å². The third kappa shape index (κ3) is 4.87. The smallest absolute Gasteiger partial charge is 0.254 e. The minimum Gasteiger partial charge on any atom is -0.384 e. The highest BCUT2D eigenvalue weighted by Gasteiger charge is 2.30. The highest BCUT2D eigenvalue weighted by Crippen LogP contribution is 2.35. The largest absolute Gasteiger partial charge is 0.384 e. The third-order valence-corrected chi connectivity index (χ3v) is 6.65. The van der Waals surface area contributed by atoms with E-state index in [1.807, 2.05) is 6.92 Å². The predicted octanol–water partition coefficient (Wildman–Crippen LogP) is 3.48. The van der Waals surface area contributed by atoms with Gasteiger partial charge in [0.1, 0.15) is 12.1 Å². The van der Waals surface area contributed by atoms with Crippen molar-refractivity contribution in [3.05, 3.63) is 70.3 Å². The molecule has 1 atom stereocenters. The first-order valence-electron chi connectivity index (χ1n) is 12.1. The van der Waals surface area contributed by atoms with E-state index in [0.717, 1.165) is 5.69 Å². The minimum atomic E-state index is -2.43. The number of nitrogen functional groups attached to an aromatic ring is 1. The van der Waals surface area contributed by atoms with Crippen molar-refractivity contribution in [2.45, 2.75) is 25.9 Å². The monoisotopic (exact) mass is 506 g/mol. The Hall–Kier alpha value is -3.97. The van der Waals surface area contributed by atoms with E-state index in [1.54, 1.807) is 40.1 Å². The molecule has 0 spiro atoms. The van der Waals surface area contributed by atoms with Crippen molar-refractivity contribution in [3.8, 4) is 23.1 Å². The maximum Gasteiger partial charge on any atom is 0.254 e. The molecular formula is C27H25F3N6O. The summed E-state index contributed by atoms with van der Waals surface area (Å²) in [7, 11) is 0. The van der Waals surface area contributed by atoms with E-state index >= 15 is 4.39 Å². The van der Waals surface area contributed by atoms with Crippen molar-refractivity contribution >= 4 is 11.7 Å². The molecule has 1 fully saturated rings. The highest BCUT2D eigenvalue weighted by molar-refractivity contribution is 5.97. The SMILES string of the molecule is CCc1ncnc2c1C#Cc1ccc(N)nc1C(F)c1cc-2ccc1C(=O)N1CCN(CC(F)F)CC1. The maximum atomic E-state index is 16.3. The van der Waals surface area contributed by atoms with Gasteiger partial charge in [-0.05, 0) is 30.7 Å². The van der Waals surface area contributed by atoms with Gasteiger partial charge in [0.25, 0.3) is 12.3 Å². The Morgan fingerprint density at radius 2 is 1.92 bits per heavy atom. The zero-order valence-electron chi connectivity index (χ0n) is 20.2. The molecule has 1 unspecified atom stereocenters. The number of nitrogens with zero attached hydrogens (tertiary/aromatic N) is 5. The number of carbonyl (C=O) groups is 1. The number of alkyl halides is 3. The van der Waals surface area contributed by atoms with Gasteiger partial charge in [-0.25, -0.2) is 28.1 Å². The lowest BCUT2D eigenvalue weighted by Crippen LogP contribution is -2.49. The third-order valence-electron chi connectivity index (χ3n) is 6.65. The molecule has 1 amide bonds. The lowest BCUT2D eigenvalue weighted by atomic mass is 9.92. The first kappa shape index (κ1) is 24.7. The fourth-order valence-electron chi connectivity index (χ4n) is 4.72. The summed E-state index contributed by atoms with van der Waals surface area (Å²) in [6.07, 6.45) is -2.14. The van der Waals surface area contributed by atoms with Crippen molar-refractivity contribution < 1.29 is 18.0 Å². The molecule has 0 saturated carbocycles. The molecule has 1 aliphatic carbocycles. The Balaban J connectivity index is 1.61. The van der Waals surface area contributed by atoms with Gasteiger partial charge in [-0.3, -0.25) is 9.69 Å². The number of pyridine rings is 1. The molecular weight excluding hydrogens is 481 g/mol. The fourth-order valence-corrected chi connectivity index (χ4v) is 4.72. The van der Waals surface area contributed by atoms with Crippen LogP contribution in [0.1, 0.15) is 51.5 Å². The Bertz CT molecular complexity index is 1410. The number of hydrogen-bond donors (Lipinski definition) is 1. The Morgan fingerprint density at radius 3 is 2.65 bits per heavy atom. The van der Waals surface area contributed by atoms with Crippen LogP contribution in [-0.2, 0) is 6.42 Å². The Morgan fingerprint density at radius 1 is 1.14 bits per heavy atom. The summed E-state index contributed by atoms with van der Waals surface area (Å²) in [5.41, 5.74) is 9.11. The second kappa shape index (κ2) is 10.2. The number of piperazine rings is 1. The van der Waals surface area contributed by atoms with Crippen LogP contribution in [0.2, 0.25) is 0 Å². The molecule has 1 saturated heterocycles. The van der Waals surface area contributed by atoms with Crippen LogP contribution >= 0.6 is 0 Å². The molecule has 7 nitrogen and oxygen atoms in total. The first-order valence-corrected chi connectivity index (χ1v) is 12.1. The number of amides is 1. The van der Waals surface area contributed by atoms with Gasteiger partial charge in [0.15, 0.2) is 6.17 Å². The molecule has 2 aromatic heterocycles. The summed E-state index contributed by atoms with van der Waals surface area (Å²) in [5, 5.41) is 0. The van der Waals surface area contributed by atoms with Crippen LogP contribution in [-0.4, -0.2) is 69.8 Å². The minimum absolute atomic E-state index is 0.0267. The summed E-state index contributed by atoms with van der Waals surface area (Å²) in [4.78, 5) is 29.8. The van der Waals surface area contributed by atoms with Gasteiger partial charge in [-0.15, -0.1) is 0 Å². The molecule has 2 aliphatic rings. The molecule has 0 radical (unpaired) electrons. The lowest BCUT2D eigenvalue weighted by Gasteiger charge is -2.35. The zero-order valence-corrected chi connectivity index (χ0v) is 20.2. The van der Waals surface area contributed by atoms with E-state index in [9.17, 15) is 13.6 Å². The highest BCUT2D eigenvalue weighted by atomic mass is 19.3. The van der Waals surface area contributed by atoms with Crippen LogP contribution in [0.5, 0.6) is 0 Å². The van der Waals surface area contributed by atoms with Crippen LogP contribution < -0.4 is 5.73 Å². The number of aromatic nitrogens is 3. The van der Waals surface area contributed by atoms with Crippen LogP contribution in [0, 0.1) is 11.8 Å². The standard InChI is InChI=1S/C27H25F3N6O/c1-2-21-19-7-3-16-5-8-23(31)34-26(16)24(30)20-13-17(25(19)33-15-32-21)4-6-18(20)27(37)36-11-9-35(10-12-36)14-22(28)29/h4-6,8,13,15,22,24H,2,9-12,14H2,1H3,(H2,31,34). The van der Waals surface area contributed by atoms with Gasteiger partial charge in [0, 0.05) is 48.4 Å². The van der Waals surface area contributed by atoms with E-state index in [-0.39, 0.29) is 48.2 Å². The van der Waals surface area contributed by atoms with E-state index in [0.29, 0.717) is 41.9 Å². The number of hydrogen-bond acceptors (Lipinski definition) is 6. The number of fused-ring (bicyclic) bond motifs is 5. The average molecular weight is 507 g/mol. The number of halogens is 3. The maximum absolute atomic E-state index is 16.3. The van der Waals surface area contributed by atoms with Crippen LogP contribution in [0.4, 0.5) is 19.0 Å². The van der Waals surface area contributed by atoms with Crippen molar-refractivity contribution in [2.75, 3.05) is 38.5 Å². The zero-order chi connectivity index (χ0) is 26.1. The molecule has 10 heteroatoms. The summed E-state index contributed by atoms with van der Waals surface area (Å²) in [5.74, 6) is 5.89. The molecule has 3 aromatic rings. The summed E-state index contributed by atoms with van der Waals surface area (Å²) in [6.45, 7) is 2.82. The normalized spacial score (nSPS) is 17.0. The van der Waals surface area contributed by atoms with E-state index in [2.05, 4.69) is 26.8 Å². The van der Waals surface area contributed by atoms with E-state index in [4.69, 9.17) is 5.73 Å². The fraction of sp³-hybridized carbons (Fsp3) is 0.333. The van der Waals surface area contributed by atoms with E-state index < -0.39 is 12.6 Å². The van der Waals surface area contributed by atoms with E-state index in [1.165, 1.54) is 6.33 Å². The molecule has 37 heavy (non-hydrogen) atoms. The molecule has 2 bridgehead atoms. The topological polar surface area (TPSA) is 88.2 Å². The molecule has 3 heterocycles. The number of carbonyl (C=O) groups excluding carboxylic acids is 1. The Labute approximate surface area is 212 Å². The van der Waals surface area contributed by atoms with Gasteiger partial charge in [-0.2, -0.15) is 0 Å². The van der Waals surface area contributed by atoms with Gasteiger partial charge in [-0.1, -0.05) is 24.8 Å². The summed E-state index contributed by atoms with van der Waals surface area (Å²) < 4.78 is 41.8. The molecule has 190 valence electrons. The van der Waals surface area contributed by atoms with Gasteiger partial charge in [0.05, 0.1) is 29.2 Å². The number of benzene rings is 1. The lowest BCUT2D eigenvalue weighted by molar-refractivity contribution is 0.0457. The van der Waals surface area contributed by atoms with Crippen molar-refractivity contribution in [1.29, 1.82) is 0 Å². The second-order valence-electron chi connectivity index (χ2n) is 8.96. The number of rotatable bonds is 4. The molecule has 2 N–H and O–H groups in total. The summed E-state index contributed by atoms with van der Waals surface area (Å²) >= 11 is 0. The van der Waals surface area contributed by atoms with Crippen molar-refractivity contribution in [2.24, 2.45) is 0 Å². The number of nitrogens with two attached hydrogens (primary N) is 1. The molecule has 1 aromatic carbocycles. The Kier molecular flexibility index (Phi) is 6.80. The van der Waals surface area contributed by atoms with Gasteiger partial charge in [0.2, 0.25) is 0 Å². The second-order valence-corrected chi connectivity index (χ2v) is 8.96. The molecule has 1 aliphatic heterocycles. The average Bonchev–Trinajstić information content (AvgIpc) is 2.90. The molecule has 5 rings (SSSR count).